The summed E-state index contributed by atoms with van der Waals surface area (Å²) in [5, 5.41) is 0.110. The van der Waals surface area contributed by atoms with Gasteiger partial charge in [0.25, 0.3) is 0 Å². The van der Waals surface area contributed by atoms with Crippen LogP contribution < -0.4 is 4.31 Å². The zero-order chi connectivity index (χ0) is 21.2. The average Bonchev–Trinajstić information content (AvgIpc) is 2.67. The number of hydrogen-bond donors (Lipinski definition) is 0. The van der Waals surface area contributed by atoms with Crippen molar-refractivity contribution in [3.05, 3.63) is 63.9 Å². The number of hydrogen-bond acceptors (Lipinski definition) is 5. The largest absolute Gasteiger partial charge is 0.457 e. The zero-order valence-electron chi connectivity index (χ0n) is 15.7. The Hall–Kier alpha value is -2.45. The number of halogens is 2. The zero-order valence-corrected chi connectivity index (χ0v) is 17.2. The SMILES string of the molecule is CS(=O)(=O)N1CCCc2cc(C(=O)COC(=O)Cc3c(F)cccc3Cl)ccc21. The lowest BCUT2D eigenvalue weighted by Gasteiger charge is -2.29. The average molecular weight is 440 g/mol. The van der Waals surface area contributed by atoms with Gasteiger partial charge in [0, 0.05) is 22.7 Å². The van der Waals surface area contributed by atoms with Crippen LogP contribution in [0.1, 0.15) is 27.9 Å². The topological polar surface area (TPSA) is 80.8 Å². The minimum absolute atomic E-state index is 0.0151. The first-order chi connectivity index (χ1) is 13.7. The normalized spacial score (nSPS) is 13.7. The van der Waals surface area contributed by atoms with E-state index in [1.807, 2.05) is 0 Å². The molecule has 154 valence electrons. The fourth-order valence-electron chi connectivity index (χ4n) is 3.21. The second kappa shape index (κ2) is 8.51. The molecule has 2 aromatic rings. The third kappa shape index (κ3) is 4.94. The van der Waals surface area contributed by atoms with Gasteiger partial charge in [0.15, 0.2) is 12.4 Å². The van der Waals surface area contributed by atoms with Gasteiger partial charge in [0.2, 0.25) is 10.0 Å². The van der Waals surface area contributed by atoms with Crippen molar-refractivity contribution in [1.29, 1.82) is 0 Å². The van der Waals surface area contributed by atoms with Gasteiger partial charge in [0.1, 0.15) is 5.82 Å². The van der Waals surface area contributed by atoms with E-state index < -0.39 is 34.2 Å². The number of anilines is 1. The maximum Gasteiger partial charge on any atom is 0.310 e. The van der Waals surface area contributed by atoms with Crippen LogP contribution in [0.5, 0.6) is 0 Å². The summed E-state index contributed by atoms with van der Waals surface area (Å²) in [6.45, 7) is -0.102. The van der Waals surface area contributed by atoms with Crippen molar-refractivity contribution in [2.24, 2.45) is 0 Å². The van der Waals surface area contributed by atoms with Crippen LogP contribution in [0.3, 0.4) is 0 Å². The first-order valence-electron chi connectivity index (χ1n) is 8.89. The number of rotatable bonds is 6. The van der Waals surface area contributed by atoms with Crippen LogP contribution in [0, 0.1) is 5.82 Å². The van der Waals surface area contributed by atoms with E-state index in [0.29, 0.717) is 30.6 Å². The predicted octanol–water partition coefficient (Wildman–Crippen LogP) is 3.16. The van der Waals surface area contributed by atoms with E-state index in [9.17, 15) is 22.4 Å². The van der Waals surface area contributed by atoms with Gasteiger partial charge in [-0.05, 0) is 48.7 Å². The number of fused-ring (bicyclic) bond motifs is 1. The Morgan fingerprint density at radius 3 is 2.69 bits per heavy atom. The molecule has 6 nitrogen and oxygen atoms in total. The van der Waals surface area contributed by atoms with Crippen molar-refractivity contribution >= 4 is 39.1 Å². The number of sulfonamides is 1. The van der Waals surface area contributed by atoms with Crippen molar-refractivity contribution in [1.82, 2.24) is 0 Å². The first-order valence-corrected chi connectivity index (χ1v) is 11.1. The highest BCUT2D eigenvalue weighted by Crippen LogP contribution is 2.30. The second-order valence-corrected chi connectivity index (χ2v) is 9.06. The molecule has 3 rings (SSSR count). The highest BCUT2D eigenvalue weighted by molar-refractivity contribution is 7.92. The van der Waals surface area contributed by atoms with Gasteiger partial charge in [-0.3, -0.25) is 13.9 Å². The summed E-state index contributed by atoms with van der Waals surface area (Å²) >= 11 is 5.88. The molecule has 0 saturated carbocycles. The Balaban J connectivity index is 1.66. The fourth-order valence-corrected chi connectivity index (χ4v) is 4.43. The molecule has 29 heavy (non-hydrogen) atoms. The van der Waals surface area contributed by atoms with Gasteiger partial charge >= 0.3 is 5.97 Å². The molecule has 0 aromatic heterocycles. The maximum absolute atomic E-state index is 13.7. The first kappa shape index (κ1) is 21.3. The molecule has 1 heterocycles. The van der Waals surface area contributed by atoms with E-state index in [4.69, 9.17) is 16.3 Å². The Morgan fingerprint density at radius 1 is 1.24 bits per heavy atom. The quantitative estimate of drug-likeness (QED) is 0.510. The molecular weight excluding hydrogens is 421 g/mol. The summed E-state index contributed by atoms with van der Waals surface area (Å²) in [6.07, 6.45) is 2.05. The molecule has 1 aliphatic heterocycles. The van der Waals surface area contributed by atoms with E-state index in [1.54, 1.807) is 12.1 Å². The molecule has 0 unspecified atom stereocenters. The van der Waals surface area contributed by atoms with Crippen molar-refractivity contribution in [3.63, 3.8) is 0 Å². The van der Waals surface area contributed by atoms with Crippen LogP contribution >= 0.6 is 11.6 Å². The number of carbonyl (C=O) groups is 2. The van der Waals surface area contributed by atoms with E-state index in [1.165, 1.54) is 28.6 Å². The molecule has 1 aliphatic rings. The molecule has 9 heteroatoms. The summed E-state index contributed by atoms with van der Waals surface area (Å²) in [6, 6.07) is 8.79. The summed E-state index contributed by atoms with van der Waals surface area (Å²) in [7, 11) is -3.39. The van der Waals surface area contributed by atoms with Gasteiger partial charge in [-0.15, -0.1) is 0 Å². The fraction of sp³-hybridized carbons (Fsp3) is 0.300. The van der Waals surface area contributed by atoms with Crippen LogP contribution in [-0.4, -0.2) is 39.6 Å². The van der Waals surface area contributed by atoms with Crippen molar-refractivity contribution in [2.45, 2.75) is 19.3 Å². The maximum atomic E-state index is 13.7. The molecule has 0 aliphatic carbocycles. The van der Waals surface area contributed by atoms with Gasteiger partial charge in [-0.2, -0.15) is 0 Å². The van der Waals surface area contributed by atoms with Crippen molar-refractivity contribution in [3.8, 4) is 0 Å². The third-order valence-corrected chi connectivity index (χ3v) is 6.16. The number of carbonyl (C=O) groups excluding carboxylic acids is 2. The molecule has 0 amide bonds. The van der Waals surface area contributed by atoms with Crippen LogP contribution in [0.25, 0.3) is 0 Å². The molecule has 0 radical (unpaired) electrons. The summed E-state index contributed by atoms with van der Waals surface area (Å²) in [5.41, 5.74) is 1.63. The number of esters is 1. The Morgan fingerprint density at radius 2 is 2.00 bits per heavy atom. The third-order valence-electron chi connectivity index (χ3n) is 4.62. The Kier molecular flexibility index (Phi) is 6.24. The summed E-state index contributed by atoms with van der Waals surface area (Å²) < 4.78 is 43.9. The highest BCUT2D eigenvalue weighted by atomic mass is 35.5. The Labute approximate surface area is 173 Å². The van der Waals surface area contributed by atoms with E-state index in [-0.39, 0.29) is 17.0 Å². The van der Waals surface area contributed by atoms with Crippen LogP contribution in [0.4, 0.5) is 10.1 Å². The van der Waals surface area contributed by atoms with Gasteiger partial charge in [0.05, 0.1) is 18.4 Å². The lowest BCUT2D eigenvalue weighted by atomic mass is 9.99. The number of ketones is 1. The smallest absolute Gasteiger partial charge is 0.310 e. The molecule has 2 aromatic carbocycles. The molecule has 0 fully saturated rings. The monoisotopic (exact) mass is 439 g/mol. The molecule has 0 saturated heterocycles. The van der Waals surface area contributed by atoms with Gasteiger partial charge in [-0.1, -0.05) is 17.7 Å². The number of ether oxygens (including phenoxy) is 1. The van der Waals surface area contributed by atoms with E-state index in [0.717, 1.165) is 11.8 Å². The van der Waals surface area contributed by atoms with Gasteiger partial charge < -0.3 is 4.74 Å². The second-order valence-electron chi connectivity index (χ2n) is 6.74. The predicted molar refractivity (Wildman–Crippen MR) is 107 cm³/mol. The van der Waals surface area contributed by atoms with Crippen LogP contribution in [-0.2, 0) is 32.4 Å². The Bertz CT molecular complexity index is 1050. The van der Waals surface area contributed by atoms with Crippen LogP contribution in [0.15, 0.2) is 36.4 Å². The minimum atomic E-state index is -3.39. The minimum Gasteiger partial charge on any atom is -0.457 e. The highest BCUT2D eigenvalue weighted by Gasteiger charge is 2.25. The molecule has 0 bridgehead atoms. The number of Topliss-reactive ketones (excluding diaryl/α,β-unsaturated/α-hetero) is 1. The van der Waals surface area contributed by atoms with Gasteiger partial charge in [-0.25, -0.2) is 12.8 Å². The van der Waals surface area contributed by atoms with Crippen LogP contribution in [0.2, 0.25) is 5.02 Å². The standard InChI is InChI=1S/C20H19ClFNO5S/c1-29(26,27)23-9-3-4-13-10-14(7-8-18(13)23)19(24)12-28-20(25)11-15-16(21)5-2-6-17(15)22/h2,5-8,10H,3-4,9,11-12H2,1H3. The van der Waals surface area contributed by atoms with E-state index >= 15 is 0 Å². The number of aryl methyl sites for hydroxylation is 1. The summed E-state index contributed by atoms with van der Waals surface area (Å²) in [4.78, 5) is 24.4. The van der Waals surface area contributed by atoms with Crippen molar-refractivity contribution in [2.75, 3.05) is 23.7 Å². The van der Waals surface area contributed by atoms with Crippen molar-refractivity contribution < 1.29 is 27.1 Å². The molecule has 0 spiro atoms. The number of benzene rings is 2. The van der Waals surface area contributed by atoms with E-state index in [2.05, 4.69) is 0 Å². The molecule has 0 atom stereocenters. The molecular formula is C20H19ClFNO5S. The lowest BCUT2D eigenvalue weighted by molar-refractivity contribution is -0.141. The lowest BCUT2D eigenvalue weighted by Crippen LogP contribution is -2.34. The summed E-state index contributed by atoms with van der Waals surface area (Å²) in [5.74, 6) is -1.82. The number of nitrogens with zero attached hydrogens (tertiary/aromatic N) is 1. The molecule has 0 N–H and O–H groups in total.